The number of rotatable bonds is 2. The number of hydrogen-bond donors (Lipinski definition) is 1. The summed E-state index contributed by atoms with van der Waals surface area (Å²) < 4.78 is 38.1. The zero-order valence-corrected chi connectivity index (χ0v) is 9.30. The number of piperidine rings is 1. The molecule has 1 aliphatic heterocycles. The van der Waals surface area contributed by atoms with Gasteiger partial charge in [0.1, 0.15) is 0 Å². The third kappa shape index (κ3) is 3.09. The molecule has 94 valence electrons. The summed E-state index contributed by atoms with van der Waals surface area (Å²) in [5.41, 5.74) is 2.04. The molecule has 0 amide bonds. The first kappa shape index (κ1) is 12.2. The van der Waals surface area contributed by atoms with Crippen molar-refractivity contribution in [2.24, 2.45) is 0 Å². The number of pyridine rings is 1. The van der Waals surface area contributed by atoms with Crippen molar-refractivity contribution in [3.63, 3.8) is 0 Å². The molecule has 0 radical (unpaired) electrons. The van der Waals surface area contributed by atoms with Crippen molar-refractivity contribution >= 4 is 5.82 Å². The molecule has 2 heterocycles. The van der Waals surface area contributed by atoms with E-state index >= 15 is 0 Å². The van der Waals surface area contributed by atoms with E-state index in [0.29, 0.717) is 0 Å². The van der Waals surface area contributed by atoms with Gasteiger partial charge < -0.3 is 5.43 Å². The van der Waals surface area contributed by atoms with E-state index in [0.717, 1.165) is 38.4 Å². The molecule has 0 saturated carbocycles. The highest BCUT2D eigenvalue weighted by atomic mass is 19.4. The first-order valence-corrected chi connectivity index (χ1v) is 5.61. The Kier molecular flexibility index (Phi) is 3.51. The maximum Gasteiger partial charge on any atom is 0.419 e. The lowest BCUT2D eigenvalue weighted by atomic mass is 10.2. The normalized spacial score (nSPS) is 18.1. The van der Waals surface area contributed by atoms with Crippen LogP contribution in [0.1, 0.15) is 24.8 Å². The lowest BCUT2D eigenvalue weighted by Crippen LogP contribution is -2.36. The van der Waals surface area contributed by atoms with Crippen LogP contribution in [0.2, 0.25) is 0 Å². The number of halogens is 3. The zero-order chi connectivity index (χ0) is 12.3. The van der Waals surface area contributed by atoms with Gasteiger partial charge in [-0.2, -0.15) is 13.2 Å². The van der Waals surface area contributed by atoms with Gasteiger partial charge in [0.2, 0.25) is 0 Å². The average Bonchev–Trinajstić information content (AvgIpc) is 2.30. The summed E-state index contributed by atoms with van der Waals surface area (Å²) in [6.07, 6.45) is 0.128. The maximum absolute atomic E-state index is 12.7. The third-order valence-electron chi connectivity index (χ3n) is 2.73. The minimum atomic E-state index is -4.37. The Hall–Kier alpha value is -1.30. The fourth-order valence-electron chi connectivity index (χ4n) is 1.88. The van der Waals surface area contributed by atoms with E-state index in [4.69, 9.17) is 0 Å². The Morgan fingerprint density at radius 3 is 2.53 bits per heavy atom. The van der Waals surface area contributed by atoms with Gasteiger partial charge in [-0.15, -0.1) is 0 Å². The fraction of sp³-hybridized carbons (Fsp3) is 0.545. The first-order valence-electron chi connectivity index (χ1n) is 5.61. The van der Waals surface area contributed by atoms with Crippen molar-refractivity contribution in [1.29, 1.82) is 0 Å². The molecular weight excluding hydrogens is 231 g/mol. The average molecular weight is 245 g/mol. The highest BCUT2D eigenvalue weighted by molar-refractivity contribution is 5.44. The van der Waals surface area contributed by atoms with Gasteiger partial charge in [-0.25, -0.2) is 9.99 Å². The summed E-state index contributed by atoms with van der Waals surface area (Å²) in [6, 6.07) is 2.34. The predicted octanol–water partition coefficient (Wildman–Crippen LogP) is 2.91. The standard InChI is InChI=1S/C11H14F3N3/c12-11(13,14)9-5-4-6-15-10(9)16-17-7-2-1-3-8-17/h4-6H,1-3,7-8H2,(H,15,16). The van der Waals surface area contributed by atoms with Gasteiger partial charge >= 0.3 is 6.18 Å². The van der Waals surface area contributed by atoms with Crippen molar-refractivity contribution in [1.82, 2.24) is 9.99 Å². The predicted molar refractivity (Wildman–Crippen MR) is 58.3 cm³/mol. The Morgan fingerprint density at radius 2 is 1.88 bits per heavy atom. The van der Waals surface area contributed by atoms with Crippen molar-refractivity contribution in [3.8, 4) is 0 Å². The third-order valence-corrected chi connectivity index (χ3v) is 2.73. The lowest BCUT2D eigenvalue weighted by molar-refractivity contribution is -0.137. The molecule has 17 heavy (non-hydrogen) atoms. The summed E-state index contributed by atoms with van der Waals surface area (Å²) in [5.74, 6) is -0.109. The van der Waals surface area contributed by atoms with Gasteiger partial charge in [0, 0.05) is 19.3 Å². The largest absolute Gasteiger partial charge is 0.419 e. The van der Waals surface area contributed by atoms with Gasteiger partial charge in [0.15, 0.2) is 5.82 Å². The van der Waals surface area contributed by atoms with Gasteiger partial charge in [0.05, 0.1) is 5.56 Å². The Labute approximate surface area is 97.6 Å². The molecule has 1 fully saturated rings. The fourth-order valence-corrected chi connectivity index (χ4v) is 1.88. The smallest absolute Gasteiger partial charge is 0.303 e. The second-order valence-corrected chi connectivity index (χ2v) is 4.06. The van der Waals surface area contributed by atoms with Crippen LogP contribution in [0.4, 0.5) is 19.0 Å². The number of aromatic nitrogens is 1. The molecule has 0 aliphatic carbocycles. The lowest BCUT2D eigenvalue weighted by Gasteiger charge is -2.28. The molecule has 0 spiro atoms. The monoisotopic (exact) mass is 245 g/mol. The number of nitrogens with zero attached hydrogens (tertiary/aromatic N) is 2. The molecule has 2 rings (SSSR count). The van der Waals surface area contributed by atoms with Crippen molar-refractivity contribution < 1.29 is 13.2 Å². The van der Waals surface area contributed by atoms with E-state index < -0.39 is 11.7 Å². The molecule has 0 atom stereocenters. The Bertz CT molecular complexity index is 372. The van der Waals surface area contributed by atoms with Crippen LogP contribution in [0.25, 0.3) is 0 Å². The molecule has 0 unspecified atom stereocenters. The van der Waals surface area contributed by atoms with E-state index in [1.54, 1.807) is 5.01 Å². The molecule has 1 N–H and O–H groups in total. The highest BCUT2D eigenvalue weighted by Crippen LogP contribution is 2.33. The maximum atomic E-state index is 12.7. The molecule has 3 nitrogen and oxygen atoms in total. The van der Waals surface area contributed by atoms with Crippen LogP contribution < -0.4 is 5.43 Å². The molecule has 1 aliphatic rings. The highest BCUT2D eigenvalue weighted by Gasteiger charge is 2.34. The minimum absolute atomic E-state index is 0.109. The van der Waals surface area contributed by atoms with Crippen molar-refractivity contribution in [3.05, 3.63) is 23.9 Å². The van der Waals surface area contributed by atoms with Crippen LogP contribution in [0, 0.1) is 0 Å². The summed E-state index contributed by atoms with van der Waals surface area (Å²) >= 11 is 0. The number of alkyl halides is 3. The SMILES string of the molecule is FC(F)(F)c1cccnc1NN1CCCCC1. The molecule has 1 aromatic rings. The van der Waals surface area contributed by atoms with Gasteiger partial charge in [0.25, 0.3) is 0 Å². The summed E-state index contributed by atoms with van der Waals surface area (Å²) in [6.45, 7) is 1.52. The van der Waals surface area contributed by atoms with E-state index in [-0.39, 0.29) is 5.82 Å². The quantitative estimate of drug-likeness (QED) is 0.868. The number of nitrogens with one attached hydrogen (secondary N) is 1. The zero-order valence-electron chi connectivity index (χ0n) is 9.30. The van der Waals surface area contributed by atoms with Gasteiger partial charge in [-0.3, -0.25) is 0 Å². The minimum Gasteiger partial charge on any atom is -0.303 e. The first-order chi connectivity index (χ1) is 8.07. The van der Waals surface area contributed by atoms with E-state index in [1.807, 2.05) is 0 Å². The van der Waals surface area contributed by atoms with Gasteiger partial charge in [-0.05, 0) is 25.0 Å². The number of hydrazine groups is 1. The molecule has 0 aromatic carbocycles. The number of hydrogen-bond acceptors (Lipinski definition) is 3. The summed E-state index contributed by atoms with van der Waals surface area (Å²) in [4.78, 5) is 3.77. The van der Waals surface area contributed by atoms with Gasteiger partial charge in [-0.1, -0.05) is 6.42 Å². The Balaban J connectivity index is 2.14. The summed E-state index contributed by atoms with van der Waals surface area (Å²) in [5, 5.41) is 1.79. The van der Waals surface area contributed by atoms with Crippen LogP contribution in [0.15, 0.2) is 18.3 Å². The second kappa shape index (κ2) is 4.91. The van der Waals surface area contributed by atoms with Crippen molar-refractivity contribution in [2.45, 2.75) is 25.4 Å². The van der Waals surface area contributed by atoms with Crippen LogP contribution in [-0.2, 0) is 6.18 Å². The molecule has 1 saturated heterocycles. The van der Waals surface area contributed by atoms with E-state index in [2.05, 4.69) is 10.4 Å². The molecule has 1 aromatic heterocycles. The van der Waals surface area contributed by atoms with Crippen molar-refractivity contribution in [2.75, 3.05) is 18.5 Å². The van der Waals surface area contributed by atoms with Crippen LogP contribution in [-0.4, -0.2) is 23.1 Å². The van der Waals surface area contributed by atoms with E-state index in [1.165, 1.54) is 12.3 Å². The van der Waals surface area contributed by atoms with Crippen LogP contribution >= 0.6 is 0 Å². The summed E-state index contributed by atoms with van der Waals surface area (Å²) in [7, 11) is 0. The second-order valence-electron chi connectivity index (χ2n) is 4.06. The van der Waals surface area contributed by atoms with Crippen LogP contribution in [0.3, 0.4) is 0 Å². The molecular formula is C11H14F3N3. The number of anilines is 1. The van der Waals surface area contributed by atoms with E-state index in [9.17, 15) is 13.2 Å². The molecule has 0 bridgehead atoms. The Morgan fingerprint density at radius 1 is 1.18 bits per heavy atom. The topological polar surface area (TPSA) is 28.2 Å². The molecule has 6 heteroatoms. The van der Waals surface area contributed by atoms with Crippen LogP contribution in [0.5, 0.6) is 0 Å².